The molecule has 48 heavy (non-hydrogen) atoms. The van der Waals surface area contributed by atoms with Crippen molar-refractivity contribution in [1.82, 2.24) is 0 Å². The molecule has 0 fully saturated rings. The average molecular weight is 614 g/mol. The summed E-state index contributed by atoms with van der Waals surface area (Å²) in [4.78, 5) is 2.43. The SMILES string of the molecule is CC1(C)c2cc(N(c3cccc(-c4ccccc4)c3)c3ccc4ccccc4c3)ccc2-c2c(-c3ccccc3)cc3ccccc3c21. The van der Waals surface area contributed by atoms with Crippen LogP contribution in [0.4, 0.5) is 17.1 Å². The van der Waals surface area contributed by atoms with Crippen molar-refractivity contribution in [1.29, 1.82) is 0 Å². The molecule has 228 valence electrons. The molecule has 0 spiro atoms. The molecule has 0 saturated carbocycles. The molecule has 0 aromatic heterocycles. The zero-order valence-electron chi connectivity index (χ0n) is 27.2. The Balaban J connectivity index is 1.27. The molecule has 0 N–H and O–H groups in total. The Kier molecular flexibility index (Phi) is 6.55. The summed E-state index contributed by atoms with van der Waals surface area (Å²) < 4.78 is 0. The van der Waals surface area contributed by atoms with Gasteiger partial charge in [0.15, 0.2) is 0 Å². The normalized spacial score (nSPS) is 13.0. The summed E-state index contributed by atoms with van der Waals surface area (Å²) in [5.74, 6) is 0. The van der Waals surface area contributed by atoms with Gasteiger partial charge in [-0.05, 0) is 109 Å². The quantitative estimate of drug-likeness (QED) is 0.187. The highest BCUT2D eigenvalue weighted by Crippen LogP contribution is 2.56. The van der Waals surface area contributed by atoms with Gasteiger partial charge in [-0.1, -0.05) is 147 Å². The lowest BCUT2D eigenvalue weighted by molar-refractivity contribution is 0.666. The fourth-order valence-electron chi connectivity index (χ4n) is 7.88. The first-order chi connectivity index (χ1) is 23.6. The van der Waals surface area contributed by atoms with Crippen LogP contribution in [0.5, 0.6) is 0 Å². The minimum atomic E-state index is -0.202. The summed E-state index contributed by atoms with van der Waals surface area (Å²) in [7, 11) is 0. The highest BCUT2D eigenvalue weighted by atomic mass is 15.1. The van der Waals surface area contributed by atoms with Crippen LogP contribution in [0.2, 0.25) is 0 Å². The first-order valence-electron chi connectivity index (χ1n) is 16.8. The Morgan fingerprint density at radius 1 is 0.396 bits per heavy atom. The van der Waals surface area contributed by atoms with Gasteiger partial charge in [-0.15, -0.1) is 0 Å². The van der Waals surface area contributed by atoms with Crippen LogP contribution in [0.25, 0.3) is 54.9 Å². The molecule has 0 unspecified atom stereocenters. The van der Waals surface area contributed by atoms with E-state index in [2.05, 4.69) is 195 Å². The van der Waals surface area contributed by atoms with E-state index in [1.165, 1.54) is 66.1 Å². The smallest absolute Gasteiger partial charge is 0.0468 e. The number of benzene rings is 8. The Labute approximate surface area is 282 Å². The standard InChI is InChI=1S/C47H35N/c1-47(2)44-31-40(26-27-42(44)45-43(34-17-7-4-8-18-34)30-37-20-11-12-23-41(37)46(45)47)48(39-25-24-33-16-9-10-19-35(33)29-39)38-22-13-21-36(28-38)32-14-5-3-6-15-32/h3-31H,1-2H3. The van der Waals surface area contributed by atoms with Crippen LogP contribution < -0.4 is 4.90 Å². The third-order valence-electron chi connectivity index (χ3n) is 10.2. The second-order valence-corrected chi connectivity index (χ2v) is 13.4. The lowest BCUT2D eigenvalue weighted by Gasteiger charge is -2.29. The van der Waals surface area contributed by atoms with E-state index in [9.17, 15) is 0 Å². The molecule has 0 aliphatic heterocycles. The summed E-state index contributed by atoms with van der Waals surface area (Å²) in [6.45, 7) is 4.80. The first kappa shape index (κ1) is 28.3. The Morgan fingerprint density at radius 2 is 1.00 bits per heavy atom. The topological polar surface area (TPSA) is 3.24 Å². The maximum absolute atomic E-state index is 2.45. The third kappa shape index (κ3) is 4.54. The number of hydrogen-bond acceptors (Lipinski definition) is 1. The minimum Gasteiger partial charge on any atom is -0.310 e. The maximum Gasteiger partial charge on any atom is 0.0468 e. The van der Waals surface area contributed by atoms with Crippen molar-refractivity contribution in [3.63, 3.8) is 0 Å². The molecule has 1 heteroatoms. The lowest BCUT2D eigenvalue weighted by atomic mass is 9.79. The molecular formula is C47H35N. The van der Waals surface area contributed by atoms with Crippen LogP contribution in [0.15, 0.2) is 176 Å². The van der Waals surface area contributed by atoms with Crippen molar-refractivity contribution >= 4 is 38.6 Å². The highest BCUT2D eigenvalue weighted by Gasteiger charge is 2.39. The molecule has 9 rings (SSSR count). The number of fused-ring (bicyclic) bond motifs is 6. The number of anilines is 3. The average Bonchev–Trinajstić information content (AvgIpc) is 3.38. The predicted octanol–water partition coefficient (Wildman–Crippen LogP) is 13.1. The molecule has 1 aliphatic carbocycles. The van der Waals surface area contributed by atoms with E-state index in [0.29, 0.717) is 0 Å². The molecule has 1 aliphatic rings. The molecule has 0 amide bonds. The molecule has 1 nitrogen and oxygen atoms in total. The maximum atomic E-state index is 2.45. The Hall–Kier alpha value is -5.92. The minimum absolute atomic E-state index is 0.202. The first-order valence-corrected chi connectivity index (χ1v) is 16.8. The molecule has 0 saturated heterocycles. The molecular weight excluding hydrogens is 579 g/mol. The number of nitrogens with zero attached hydrogens (tertiary/aromatic N) is 1. The molecule has 8 aromatic rings. The Bertz CT molecular complexity index is 2470. The van der Waals surface area contributed by atoms with Crippen molar-refractivity contribution < 1.29 is 0 Å². The van der Waals surface area contributed by atoms with Gasteiger partial charge in [-0.25, -0.2) is 0 Å². The van der Waals surface area contributed by atoms with Crippen LogP contribution in [-0.4, -0.2) is 0 Å². The van der Waals surface area contributed by atoms with Crippen LogP contribution in [-0.2, 0) is 5.41 Å². The van der Waals surface area contributed by atoms with E-state index >= 15 is 0 Å². The lowest BCUT2D eigenvalue weighted by Crippen LogP contribution is -2.17. The summed E-state index contributed by atoms with van der Waals surface area (Å²) in [5.41, 5.74) is 13.6. The summed E-state index contributed by atoms with van der Waals surface area (Å²) in [6.07, 6.45) is 0. The van der Waals surface area contributed by atoms with Gasteiger partial charge >= 0.3 is 0 Å². The third-order valence-corrected chi connectivity index (χ3v) is 10.2. The zero-order chi connectivity index (χ0) is 32.2. The molecule has 0 bridgehead atoms. The van der Waals surface area contributed by atoms with E-state index < -0.39 is 0 Å². The van der Waals surface area contributed by atoms with Crippen molar-refractivity contribution in [2.24, 2.45) is 0 Å². The zero-order valence-corrected chi connectivity index (χ0v) is 27.2. The van der Waals surface area contributed by atoms with Gasteiger partial charge in [-0.3, -0.25) is 0 Å². The fourth-order valence-corrected chi connectivity index (χ4v) is 7.88. The van der Waals surface area contributed by atoms with Gasteiger partial charge in [0.1, 0.15) is 0 Å². The second kappa shape index (κ2) is 11.1. The number of rotatable bonds is 5. The van der Waals surface area contributed by atoms with Gasteiger partial charge in [-0.2, -0.15) is 0 Å². The van der Waals surface area contributed by atoms with Gasteiger partial charge in [0, 0.05) is 22.5 Å². The summed E-state index contributed by atoms with van der Waals surface area (Å²) in [6, 6.07) is 64.3. The largest absolute Gasteiger partial charge is 0.310 e. The van der Waals surface area contributed by atoms with E-state index in [0.717, 1.165) is 17.1 Å². The van der Waals surface area contributed by atoms with Gasteiger partial charge < -0.3 is 4.90 Å². The van der Waals surface area contributed by atoms with Crippen LogP contribution in [0.1, 0.15) is 25.0 Å². The predicted molar refractivity (Wildman–Crippen MR) is 205 cm³/mol. The monoisotopic (exact) mass is 613 g/mol. The fraction of sp³-hybridized carbons (Fsp3) is 0.0638. The molecule has 0 atom stereocenters. The highest BCUT2D eigenvalue weighted by molar-refractivity contribution is 6.05. The van der Waals surface area contributed by atoms with Gasteiger partial charge in [0.05, 0.1) is 0 Å². The van der Waals surface area contributed by atoms with Crippen LogP contribution in [0.3, 0.4) is 0 Å². The van der Waals surface area contributed by atoms with E-state index in [4.69, 9.17) is 0 Å². The molecule has 8 aromatic carbocycles. The van der Waals surface area contributed by atoms with Crippen LogP contribution in [0, 0.1) is 0 Å². The second-order valence-electron chi connectivity index (χ2n) is 13.4. The molecule has 0 heterocycles. The van der Waals surface area contributed by atoms with Crippen molar-refractivity contribution in [2.45, 2.75) is 19.3 Å². The number of hydrogen-bond donors (Lipinski definition) is 0. The summed E-state index contributed by atoms with van der Waals surface area (Å²) >= 11 is 0. The van der Waals surface area contributed by atoms with E-state index in [1.54, 1.807) is 0 Å². The summed E-state index contributed by atoms with van der Waals surface area (Å²) in [5, 5.41) is 5.08. The van der Waals surface area contributed by atoms with Crippen molar-refractivity contribution in [3.05, 3.63) is 187 Å². The Morgan fingerprint density at radius 3 is 1.79 bits per heavy atom. The van der Waals surface area contributed by atoms with Crippen LogP contribution >= 0.6 is 0 Å². The van der Waals surface area contributed by atoms with Gasteiger partial charge in [0.25, 0.3) is 0 Å². The van der Waals surface area contributed by atoms with E-state index in [-0.39, 0.29) is 5.41 Å². The van der Waals surface area contributed by atoms with Crippen molar-refractivity contribution in [2.75, 3.05) is 4.90 Å². The molecule has 0 radical (unpaired) electrons. The van der Waals surface area contributed by atoms with E-state index in [1.807, 2.05) is 0 Å². The van der Waals surface area contributed by atoms with Crippen molar-refractivity contribution in [3.8, 4) is 33.4 Å². The van der Waals surface area contributed by atoms with Gasteiger partial charge in [0.2, 0.25) is 0 Å².